The van der Waals surface area contributed by atoms with Gasteiger partial charge in [-0.25, -0.2) is 0 Å². The van der Waals surface area contributed by atoms with Crippen LogP contribution in [0, 0.1) is 20.8 Å². The Morgan fingerprint density at radius 1 is 1.06 bits per heavy atom. The molecule has 8 heteroatoms. The van der Waals surface area contributed by atoms with E-state index in [-0.39, 0.29) is 37.0 Å². The van der Waals surface area contributed by atoms with Crippen molar-refractivity contribution in [2.24, 2.45) is 0 Å². The minimum Gasteiger partial charge on any atom is -0.467 e. The summed E-state index contributed by atoms with van der Waals surface area (Å²) in [4.78, 5) is 29.1. The van der Waals surface area contributed by atoms with Gasteiger partial charge in [-0.3, -0.25) is 9.59 Å². The lowest BCUT2D eigenvalue weighted by Crippen LogP contribution is -2.36. The molecule has 0 bridgehead atoms. The third kappa shape index (κ3) is 6.55. The summed E-state index contributed by atoms with van der Waals surface area (Å²) in [6.07, 6.45) is 1.74. The normalized spacial score (nSPS) is 11.1. The Bertz CT molecular complexity index is 1060. The number of hydrogen-bond acceptors (Lipinski definition) is 6. The molecular weight excluding hydrogens is 420 g/mol. The lowest BCUT2D eigenvalue weighted by atomic mass is 9.98. The quantitative estimate of drug-likeness (QED) is 0.506. The Kier molecular flexibility index (Phi) is 8.06. The molecule has 0 aliphatic carbocycles. The van der Waals surface area contributed by atoms with Crippen LogP contribution in [-0.2, 0) is 11.3 Å². The van der Waals surface area contributed by atoms with Crippen LogP contribution in [0.5, 0.6) is 0 Å². The van der Waals surface area contributed by atoms with Crippen LogP contribution in [-0.4, -0.2) is 60.5 Å². The van der Waals surface area contributed by atoms with Crippen LogP contribution in [0.25, 0.3) is 11.3 Å². The first-order valence-electron chi connectivity index (χ1n) is 11.0. The van der Waals surface area contributed by atoms with Crippen LogP contribution < -0.4 is 5.32 Å². The van der Waals surface area contributed by atoms with E-state index in [0.717, 1.165) is 28.8 Å². The van der Waals surface area contributed by atoms with E-state index in [0.29, 0.717) is 18.1 Å². The van der Waals surface area contributed by atoms with Gasteiger partial charge in [0, 0.05) is 37.7 Å². The van der Waals surface area contributed by atoms with Gasteiger partial charge in [0.25, 0.3) is 5.91 Å². The van der Waals surface area contributed by atoms with Gasteiger partial charge in [0.1, 0.15) is 5.76 Å². The zero-order valence-electron chi connectivity index (χ0n) is 20.0. The van der Waals surface area contributed by atoms with Gasteiger partial charge < -0.3 is 24.1 Å². The Balaban J connectivity index is 1.74. The second-order valence-corrected chi connectivity index (χ2v) is 8.56. The molecule has 1 aromatic carbocycles. The Hall–Kier alpha value is -3.39. The lowest BCUT2D eigenvalue weighted by molar-refractivity contribution is -0.121. The molecule has 3 aromatic rings. The van der Waals surface area contributed by atoms with Gasteiger partial charge in [-0.1, -0.05) is 22.9 Å². The molecule has 0 saturated carbocycles. The van der Waals surface area contributed by atoms with Crippen LogP contribution in [0.2, 0.25) is 0 Å². The highest BCUT2D eigenvalue weighted by molar-refractivity contribution is 5.93. The molecule has 0 fully saturated rings. The predicted octanol–water partition coefficient (Wildman–Crippen LogP) is 3.57. The molecule has 1 N–H and O–H groups in total. The first kappa shape index (κ1) is 24.3. The van der Waals surface area contributed by atoms with E-state index in [1.165, 1.54) is 0 Å². The number of rotatable bonds is 10. The number of aryl methyl sites for hydroxylation is 3. The molecule has 0 atom stereocenters. The van der Waals surface area contributed by atoms with E-state index in [4.69, 9.17) is 8.94 Å². The number of likely N-dealkylation sites (N-methyl/N-ethyl adjacent to an activating group) is 1. The largest absolute Gasteiger partial charge is 0.467 e. The van der Waals surface area contributed by atoms with Crippen LogP contribution in [0.4, 0.5) is 0 Å². The van der Waals surface area contributed by atoms with E-state index < -0.39 is 0 Å². The van der Waals surface area contributed by atoms with E-state index in [1.54, 1.807) is 29.4 Å². The SMILES string of the molecule is Cc1cc(C)c(-c2cc(C(=O)N(CCC(=O)NCCN(C)C)Cc3ccco3)no2)c(C)c1. The van der Waals surface area contributed by atoms with Crippen molar-refractivity contribution in [3.05, 3.63) is 64.7 Å². The van der Waals surface area contributed by atoms with Crippen molar-refractivity contribution < 1.29 is 18.5 Å². The number of furan rings is 1. The molecule has 8 nitrogen and oxygen atoms in total. The van der Waals surface area contributed by atoms with Crippen LogP contribution in [0.3, 0.4) is 0 Å². The smallest absolute Gasteiger partial charge is 0.276 e. The fraction of sp³-hybridized carbons (Fsp3) is 0.400. The summed E-state index contributed by atoms with van der Waals surface area (Å²) in [6, 6.07) is 9.38. The number of carbonyl (C=O) groups excluding carboxylic acids is 2. The molecule has 2 aromatic heterocycles. The maximum atomic E-state index is 13.3. The molecule has 0 saturated heterocycles. The fourth-order valence-electron chi connectivity index (χ4n) is 3.81. The summed E-state index contributed by atoms with van der Waals surface area (Å²) in [5.41, 5.74) is 4.42. The van der Waals surface area contributed by atoms with Crippen molar-refractivity contribution in [2.75, 3.05) is 33.7 Å². The van der Waals surface area contributed by atoms with Crippen molar-refractivity contribution in [3.63, 3.8) is 0 Å². The second-order valence-electron chi connectivity index (χ2n) is 8.56. The molecule has 33 heavy (non-hydrogen) atoms. The molecule has 2 amide bonds. The summed E-state index contributed by atoms with van der Waals surface area (Å²) in [5, 5.41) is 6.91. The minimum atomic E-state index is -0.315. The highest BCUT2D eigenvalue weighted by atomic mass is 16.5. The molecule has 0 aliphatic heterocycles. The van der Waals surface area contributed by atoms with E-state index in [9.17, 15) is 9.59 Å². The molecule has 0 unspecified atom stereocenters. The van der Waals surface area contributed by atoms with Gasteiger partial charge in [-0.05, 0) is 58.1 Å². The standard InChI is InChI=1S/C25H32N4O4/c1-17-13-18(2)24(19(3)14-17)22-15-21(27-33-22)25(31)29(16-20-7-6-12-32-20)10-8-23(30)26-9-11-28(4)5/h6-7,12-15H,8-11,16H2,1-5H3,(H,26,30). The van der Waals surface area contributed by atoms with Gasteiger partial charge >= 0.3 is 0 Å². The first-order valence-corrected chi connectivity index (χ1v) is 11.0. The average molecular weight is 453 g/mol. The number of benzene rings is 1. The number of nitrogens with zero attached hydrogens (tertiary/aromatic N) is 3. The van der Waals surface area contributed by atoms with Gasteiger partial charge in [0.2, 0.25) is 5.91 Å². The predicted molar refractivity (Wildman–Crippen MR) is 126 cm³/mol. The average Bonchev–Trinajstić information content (AvgIpc) is 3.42. The minimum absolute atomic E-state index is 0.110. The van der Waals surface area contributed by atoms with E-state index in [2.05, 4.69) is 22.6 Å². The van der Waals surface area contributed by atoms with Crippen LogP contribution in [0.15, 0.2) is 45.5 Å². The molecule has 0 aliphatic rings. The Morgan fingerprint density at radius 3 is 2.42 bits per heavy atom. The van der Waals surface area contributed by atoms with Crippen molar-refractivity contribution >= 4 is 11.8 Å². The number of aromatic nitrogens is 1. The summed E-state index contributed by atoms with van der Waals surface area (Å²) < 4.78 is 11.0. The highest BCUT2D eigenvalue weighted by Gasteiger charge is 2.23. The van der Waals surface area contributed by atoms with Gasteiger partial charge in [-0.2, -0.15) is 0 Å². The van der Waals surface area contributed by atoms with E-state index in [1.807, 2.05) is 39.8 Å². The zero-order valence-corrected chi connectivity index (χ0v) is 20.0. The van der Waals surface area contributed by atoms with Crippen LogP contribution >= 0.6 is 0 Å². The Morgan fingerprint density at radius 2 is 1.79 bits per heavy atom. The summed E-state index contributed by atoms with van der Waals surface area (Å²) in [6.45, 7) is 7.84. The molecule has 0 spiro atoms. The van der Waals surface area contributed by atoms with Crippen LogP contribution in [0.1, 0.15) is 39.4 Å². The monoisotopic (exact) mass is 452 g/mol. The third-order valence-electron chi connectivity index (χ3n) is 5.36. The topological polar surface area (TPSA) is 91.8 Å². The summed E-state index contributed by atoms with van der Waals surface area (Å²) in [7, 11) is 3.89. The maximum Gasteiger partial charge on any atom is 0.276 e. The third-order valence-corrected chi connectivity index (χ3v) is 5.36. The van der Waals surface area contributed by atoms with Gasteiger partial charge in [0.15, 0.2) is 11.5 Å². The fourth-order valence-corrected chi connectivity index (χ4v) is 3.81. The van der Waals surface area contributed by atoms with Crippen molar-refractivity contribution in [3.8, 4) is 11.3 Å². The van der Waals surface area contributed by atoms with E-state index >= 15 is 0 Å². The molecule has 3 rings (SSSR count). The second kappa shape index (κ2) is 11.0. The summed E-state index contributed by atoms with van der Waals surface area (Å²) in [5.74, 6) is 0.754. The number of hydrogen-bond donors (Lipinski definition) is 1. The molecular formula is C25H32N4O4. The Labute approximate surface area is 194 Å². The zero-order chi connectivity index (χ0) is 24.0. The molecule has 176 valence electrons. The number of carbonyl (C=O) groups is 2. The highest BCUT2D eigenvalue weighted by Crippen LogP contribution is 2.29. The first-order chi connectivity index (χ1) is 15.7. The molecule has 0 radical (unpaired) electrons. The number of nitrogens with one attached hydrogen (secondary N) is 1. The van der Waals surface area contributed by atoms with Gasteiger partial charge in [-0.15, -0.1) is 0 Å². The number of amides is 2. The van der Waals surface area contributed by atoms with Crippen molar-refractivity contribution in [1.29, 1.82) is 0 Å². The van der Waals surface area contributed by atoms with Crippen molar-refractivity contribution in [2.45, 2.75) is 33.7 Å². The summed E-state index contributed by atoms with van der Waals surface area (Å²) >= 11 is 0. The lowest BCUT2D eigenvalue weighted by Gasteiger charge is -2.20. The van der Waals surface area contributed by atoms with Gasteiger partial charge in [0.05, 0.1) is 12.8 Å². The van der Waals surface area contributed by atoms with Crippen molar-refractivity contribution in [1.82, 2.24) is 20.3 Å². The maximum absolute atomic E-state index is 13.3. The molecule has 2 heterocycles.